The van der Waals surface area contributed by atoms with Gasteiger partial charge in [-0.3, -0.25) is 0 Å². The maximum Gasteiger partial charge on any atom is 0.345 e. The number of hydrogen-bond donors (Lipinski definition) is 0. The lowest BCUT2D eigenvalue weighted by Crippen LogP contribution is -2.25. The Morgan fingerprint density at radius 1 is 1.18 bits per heavy atom. The van der Waals surface area contributed by atoms with Gasteiger partial charge in [-0.05, 0) is 18.2 Å². The molecule has 0 spiro atoms. The minimum Gasteiger partial charge on any atom is -0.454 e. The third-order valence-corrected chi connectivity index (χ3v) is 3.59. The summed E-state index contributed by atoms with van der Waals surface area (Å²) >= 11 is 1.47. The monoisotopic (exact) mass is 248 g/mol. The van der Waals surface area contributed by atoms with Crippen LogP contribution in [0, 0.1) is 5.41 Å². The number of benzene rings is 1. The van der Waals surface area contributed by atoms with Gasteiger partial charge in [-0.2, -0.15) is 0 Å². The van der Waals surface area contributed by atoms with Gasteiger partial charge < -0.3 is 4.74 Å². The fraction of sp³-hybridized carbons (Fsp3) is 0.357. The molecule has 0 N–H and O–H groups in total. The molecule has 0 bridgehead atoms. The van der Waals surface area contributed by atoms with Crippen LogP contribution in [0.25, 0.3) is 0 Å². The van der Waals surface area contributed by atoms with Crippen molar-refractivity contribution in [2.75, 3.05) is 0 Å². The Kier molecular flexibility index (Phi) is 3.29. The Bertz CT molecular complexity index is 443. The number of hydrogen-bond acceptors (Lipinski definition) is 3. The van der Waals surface area contributed by atoms with Crippen LogP contribution in [-0.4, -0.2) is 12.1 Å². The highest BCUT2D eigenvalue weighted by atomic mass is 32.2. The highest BCUT2D eigenvalue weighted by Gasteiger charge is 2.34. The number of esters is 1. The summed E-state index contributed by atoms with van der Waals surface area (Å²) in [7, 11) is 0. The molecule has 0 fully saturated rings. The van der Waals surface area contributed by atoms with Crippen LogP contribution in [0.15, 0.2) is 46.2 Å². The van der Waals surface area contributed by atoms with Gasteiger partial charge in [0.05, 0.1) is 4.91 Å². The third kappa shape index (κ3) is 2.91. The Morgan fingerprint density at radius 2 is 1.82 bits per heavy atom. The molecule has 0 saturated carbocycles. The molecule has 3 heteroatoms. The first-order valence-corrected chi connectivity index (χ1v) is 6.44. The van der Waals surface area contributed by atoms with Gasteiger partial charge in [0.1, 0.15) is 6.10 Å². The second-order valence-corrected chi connectivity index (χ2v) is 6.25. The van der Waals surface area contributed by atoms with Crippen LogP contribution in [0.3, 0.4) is 0 Å². The van der Waals surface area contributed by atoms with Gasteiger partial charge in [-0.25, -0.2) is 4.79 Å². The number of thioether (sulfide) groups is 1. The normalized spacial score (nSPS) is 20.1. The molecule has 1 heterocycles. The van der Waals surface area contributed by atoms with E-state index in [1.807, 2.05) is 36.4 Å². The minimum atomic E-state index is -0.209. The molecular formula is C14H16O2S. The molecule has 90 valence electrons. The average molecular weight is 248 g/mol. The van der Waals surface area contributed by atoms with Gasteiger partial charge in [0, 0.05) is 10.3 Å². The van der Waals surface area contributed by atoms with Gasteiger partial charge in [-0.1, -0.05) is 50.7 Å². The summed E-state index contributed by atoms with van der Waals surface area (Å²) in [5.74, 6) is -0.209. The Balaban J connectivity index is 2.14. The molecule has 1 aromatic rings. The van der Waals surface area contributed by atoms with Crippen LogP contribution in [0.4, 0.5) is 0 Å². The molecule has 0 unspecified atom stereocenters. The molecule has 1 aliphatic rings. The molecule has 0 aliphatic carbocycles. The van der Waals surface area contributed by atoms with Crippen molar-refractivity contribution in [3.8, 4) is 0 Å². The van der Waals surface area contributed by atoms with Crippen molar-refractivity contribution in [3.05, 3.63) is 41.3 Å². The number of cyclic esters (lactones) is 1. The lowest BCUT2D eigenvalue weighted by Gasteiger charge is -2.23. The van der Waals surface area contributed by atoms with E-state index in [-0.39, 0.29) is 17.5 Å². The van der Waals surface area contributed by atoms with Crippen LogP contribution < -0.4 is 0 Å². The Hall–Kier alpha value is -1.22. The molecule has 1 aliphatic heterocycles. The number of carbonyl (C=O) groups excluding carboxylic acids is 1. The first kappa shape index (κ1) is 12.2. The van der Waals surface area contributed by atoms with Gasteiger partial charge in [-0.15, -0.1) is 0 Å². The fourth-order valence-corrected chi connectivity index (χ4v) is 2.40. The van der Waals surface area contributed by atoms with E-state index >= 15 is 0 Å². The van der Waals surface area contributed by atoms with Crippen molar-refractivity contribution in [1.82, 2.24) is 0 Å². The van der Waals surface area contributed by atoms with E-state index in [9.17, 15) is 4.79 Å². The second kappa shape index (κ2) is 4.57. The van der Waals surface area contributed by atoms with Crippen molar-refractivity contribution in [1.29, 1.82) is 0 Å². The molecule has 0 amide bonds. The predicted octanol–water partition coefficient (Wildman–Crippen LogP) is 3.63. The topological polar surface area (TPSA) is 26.3 Å². The van der Waals surface area contributed by atoms with Crippen LogP contribution in [0.5, 0.6) is 0 Å². The van der Waals surface area contributed by atoms with Gasteiger partial charge >= 0.3 is 5.97 Å². The summed E-state index contributed by atoms with van der Waals surface area (Å²) in [4.78, 5) is 13.5. The highest BCUT2D eigenvalue weighted by Crippen LogP contribution is 2.36. The average Bonchev–Trinajstić information content (AvgIpc) is 2.62. The smallest absolute Gasteiger partial charge is 0.345 e. The molecule has 1 atom stereocenters. The zero-order valence-corrected chi connectivity index (χ0v) is 11.1. The molecule has 0 saturated heterocycles. The van der Waals surface area contributed by atoms with E-state index in [0.717, 1.165) is 4.90 Å². The predicted molar refractivity (Wildman–Crippen MR) is 69.7 cm³/mol. The standard InChI is InChI=1S/C14H16O2S/c1-14(2,3)12-9-11(13(15)16-12)17-10-7-5-4-6-8-10/h4-9,12H,1-3H3/t12-/m0/s1. The quantitative estimate of drug-likeness (QED) is 0.747. The third-order valence-electron chi connectivity index (χ3n) is 2.56. The Labute approximate surface area is 106 Å². The molecule has 2 rings (SSSR count). The lowest BCUT2D eigenvalue weighted by atomic mass is 9.89. The molecule has 1 aromatic carbocycles. The van der Waals surface area contributed by atoms with Crippen molar-refractivity contribution in [2.45, 2.75) is 31.8 Å². The summed E-state index contributed by atoms with van der Waals surface area (Å²) in [6, 6.07) is 9.87. The molecular weight excluding hydrogens is 232 g/mol. The molecule has 17 heavy (non-hydrogen) atoms. The number of carbonyl (C=O) groups is 1. The summed E-state index contributed by atoms with van der Waals surface area (Å²) in [5.41, 5.74) is -0.0470. The summed E-state index contributed by atoms with van der Waals surface area (Å²) in [5, 5.41) is 0. The van der Waals surface area contributed by atoms with E-state index < -0.39 is 0 Å². The van der Waals surface area contributed by atoms with Crippen LogP contribution in [0.2, 0.25) is 0 Å². The van der Waals surface area contributed by atoms with Crippen molar-refractivity contribution < 1.29 is 9.53 Å². The first-order chi connectivity index (χ1) is 7.97. The second-order valence-electron chi connectivity index (χ2n) is 5.14. The van der Waals surface area contributed by atoms with E-state index in [1.165, 1.54) is 11.8 Å². The van der Waals surface area contributed by atoms with Crippen LogP contribution in [0.1, 0.15) is 20.8 Å². The minimum absolute atomic E-state index is 0.0470. The number of ether oxygens (including phenoxy) is 1. The summed E-state index contributed by atoms with van der Waals surface area (Å²) in [6.45, 7) is 6.20. The lowest BCUT2D eigenvalue weighted by molar-refractivity contribution is -0.142. The van der Waals surface area contributed by atoms with Crippen molar-refractivity contribution in [2.24, 2.45) is 5.41 Å². The summed E-state index contributed by atoms with van der Waals surface area (Å²) < 4.78 is 5.36. The number of rotatable bonds is 2. The zero-order chi connectivity index (χ0) is 12.5. The fourth-order valence-electron chi connectivity index (χ4n) is 1.53. The summed E-state index contributed by atoms with van der Waals surface area (Å²) in [6.07, 6.45) is 1.81. The van der Waals surface area contributed by atoms with Crippen LogP contribution >= 0.6 is 11.8 Å². The highest BCUT2D eigenvalue weighted by molar-refractivity contribution is 8.04. The van der Waals surface area contributed by atoms with E-state index in [1.54, 1.807) is 0 Å². The van der Waals surface area contributed by atoms with Crippen molar-refractivity contribution >= 4 is 17.7 Å². The van der Waals surface area contributed by atoms with E-state index in [4.69, 9.17) is 4.74 Å². The van der Waals surface area contributed by atoms with Crippen LogP contribution in [-0.2, 0) is 9.53 Å². The SMILES string of the molecule is CC(C)(C)[C@@H]1C=C(Sc2ccccc2)C(=O)O1. The van der Waals surface area contributed by atoms with Gasteiger partial charge in [0.2, 0.25) is 0 Å². The largest absolute Gasteiger partial charge is 0.454 e. The molecule has 0 aromatic heterocycles. The molecule has 0 radical (unpaired) electrons. The zero-order valence-electron chi connectivity index (χ0n) is 10.3. The first-order valence-electron chi connectivity index (χ1n) is 5.62. The van der Waals surface area contributed by atoms with E-state index in [2.05, 4.69) is 20.8 Å². The Morgan fingerprint density at radius 3 is 2.35 bits per heavy atom. The van der Waals surface area contributed by atoms with Gasteiger partial charge in [0.15, 0.2) is 0 Å². The van der Waals surface area contributed by atoms with Gasteiger partial charge in [0.25, 0.3) is 0 Å². The maximum atomic E-state index is 11.7. The maximum absolute atomic E-state index is 11.7. The molecule has 2 nitrogen and oxygen atoms in total. The van der Waals surface area contributed by atoms with E-state index in [0.29, 0.717) is 4.91 Å². The van der Waals surface area contributed by atoms with Crippen molar-refractivity contribution in [3.63, 3.8) is 0 Å².